The Balaban J connectivity index is 2.08. The van der Waals surface area contributed by atoms with Crippen molar-refractivity contribution in [2.45, 2.75) is 19.9 Å². The lowest BCUT2D eigenvalue weighted by molar-refractivity contribution is -0.121. The summed E-state index contributed by atoms with van der Waals surface area (Å²) in [7, 11) is 0. The van der Waals surface area contributed by atoms with Gasteiger partial charge in [-0.25, -0.2) is 0 Å². The molecule has 0 radical (unpaired) electrons. The minimum absolute atomic E-state index is 0.0961. The molecule has 1 aromatic rings. The molecule has 0 bridgehead atoms. The Labute approximate surface area is 107 Å². The van der Waals surface area contributed by atoms with Crippen molar-refractivity contribution < 1.29 is 4.79 Å². The van der Waals surface area contributed by atoms with Crippen LogP contribution in [0.5, 0.6) is 0 Å². The van der Waals surface area contributed by atoms with Gasteiger partial charge in [-0.2, -0.15) is 5.26 Å². The van der Waals surface area contributed by atoms with Crippen LogP contribution in [-0.2, 0) is 11.3 Å². The minimum atomic E-state index is 0.0961. The molecule has 1 aromatic carbocycles. The van der Waals surface area contributed by atoms with Crippen LogP contribution >= 0.6 is 0 Å². The molecular weight excluding hydrogens is 226 g/mol. The number of benzene rings is 1. The molecule has 0 aliphatic carbocycles. The number of carbonyl (C=O) groups excluding carboxylic acids is 1. The number of aryl methyl sites for hydroxylation is 1. The SMILES string of the molecule is Cc1cc(C#N)ccc1CN1CCCNC(=O)C1. The zero-order valence-electron chi connectivity index (χ0n) is 10.6. The quantitative estimate of drug-likeness (QED) is 0.849. The van der Waals surface area contributed by atoms with E-state index in [1.54, 1.807) is 0 Å². The summed E-state index contributed by atoms with van der Waals surface area (Å²) in [5.41, 5.74) is 2.98. The summed E-state index contributed by atoms with van der Waals surface area (Å²) in [5, 5.41) is 11.7. The highest BCUT2D eigenvalue weighted by atomic mass is 16.2. The molecule has 1 heterocycles. The largest absolute Gasteiger partial charge is 0.355 e. The zero-order valence-corrected chi connectivity index (χ0v) is 10.6. The zero-order chi connectivity index (χ0) is 13.0. The van der Waals surface area contributed by atoms with E-state index in [2.05, 4.69) is 16.3 Å². The average molecular weight is 243 g/mol. The van der Waals surface area contributed by atoms with Gasteiger partial charge < -0.3 is 5.32 Å². The van der Waals surface area contributed by atoms with Gasteiger partial charge in [0.1, 0.15) is 0 Å². The van der Waals surface area contributed by atoms with E-state index in [0.29, 0.717) is 12.1 Å². The Hall–Kier alpha value is -1.86. The topological polar surface area (TPSA) is 56.1 Å². The van der Waals surface area contributed by atoms with Crippen LogP contribution in [0.15, 0.2) is 18.2 Å². The average Bonchev–Trinajstić information content (AvgIpc) is 2.56. The van der Waals surface area contributed by atoms with Crippen molar-refractivity contribution in [1.29, 1.82) is 5.26 Å². The second kappa shape index (κ2) is 5.65. The van der Waals surface area contributed by atoms with Gasteiger partial charge in [0.2, 0.25) is 5.91 Å². The fourth-order valence-electron chi connectivity index (χ4n) is 2.19. The Morgan fingerprint density at radius 1 is 1.50 bits per heavy atom. The Bertz CT molecular complexity index is 490. The summed E-state index contributed by atoms with van der Waals surface area (Å²) in [6, 6.07) is 7.85. The molecule has 94 valence electrons. The number of nitriles is 1. The van der Waals surface area contributed by atoms with Crippen LogP contribution in [0.25, 0.3) is 0 Å². The maximum absolute atomic E-state index is 11.5. The van der Waals surface area contributed by atoms with Crippen LogP contribution in [0.3, 0.4) is 0 Å². The number of nitrogens with one attached hydrogen (secondary N) is 1. The molecule has 4 heteroatoms. The smallest absolute Gasteiger partial charge is 0.234 e. The van der Waals surface area contributed by atoms with E-state index in [-0.39, 0.29) is 5.91 Å². The predicted molar refractivity (Wildman–Crippen MR) is 68.8 cm³/mol. The number of hydrogen-bond acceptors (Lipinski definition) is 3. The summed E-state index contributed by atoms with van der Waals surface area (Å²) in [4.78, 5) is 13.6. The molecule has 18 heavy (non-hydrogen) atoms. The molecule has 2 rings (SSSR count). The first kappa shape index (κ1) is 12.6. The molecule has 0 unspecified atom stereocenters. The standard InChI is InChI=1S/C14H17N3O/c1-11-7-12(8-15)3-4-13(11)9-17-6-2-5-16-14(18)10-17/h3-4,7H,2,5-6,9-10H2,1H3,(H,16,18). The van der Waals surface area contributed by atoms with Crippen LogP contribution in [0, 0.1) is 18.3 Å². The van der Waals surface area contributed by atoms with E-state index in [9.17, 15) is 4.79 Å². The Morgan fingerprint density at radius 3 is 3.06 bits per heavy atom. The van der Waals surface area contributed by atoms with E-state index in [4.69, 9.17) is 5.26 Å². The molecule has 0 saturated carbocycles. The highest BCUT2D eigenvalue weighted by molar-refractivity contribution is 5.78. The lowest BCUT2D eigenvalue weighted by Gasteiger charge is -2.19. The summed E-state index contributed by atoms with van der Waals surface area (Å²) in [6.45, 7) is 4.93. The van der Waals surface area contributed by atoms with Crippen molar-refractivity contribution >= 4 is 5.91 Å². The number of carbonyl (C=O) groups is 1. The van der Waals surface area contributed by atoms with E-state index in [1.807, 2.05) is 25.1 Å². The first-order valence-electron chi connectivity index (χ1n) is 6.18. The van der Waals surface area contributed by atoms with E-state index in [1.165, 1.54) is 5.56 Å². The highest BCUT2D eigenvalue weighted by Crippen LogP contribution is 2.13. The Kier molecular flexibility index (Phi) is 3.96. The summed E-state index contributed by atoms with van der Waals surface area (Å²) >= 11 is 0. The van der Waals surface area contributed by atoms with E-state index >= 15 is 0 Å². The third kappa shape index (κ3) is 3.08. The predicted octanol–water partition coefficient (Wildman–Crippen LogP) is 1.19. The monoisotopic (exact) mass is 243 g/mol. The van der Waals surface area contributed by atoms with Crippen molar-refractivity contribution in [3.05, 3.63) is 34.9 Å². The van der Waals surface area contributed by atoms with Gasteiger partial charge in [-0.3, -0.25) is 9.69 Å². The van der Waals surface area contributed by atoms with Crippen molar-refractivity contribution in [3.63, 3.8) is 0 Å². The third-order valence-corrected chi connectivity index (χ3v) is 3.21. The second-order valence-corrected chi connectivity index (χ2v) is 4.67. The van der Waals surface area contributed by atoms with Crippen molar-refractivity contribution in [2.24, 2.45) is 0 Å². The molecule has 4 nitrogen and oxygen atoms in total. The molecule has 0 aromatic heterocycles. The van der Waals surface area contributed by atoms with Gasteiger partial charge in [0.25, 0.3) is 0 Å². The molecule has 1 amide bonds. The Morgan fingerprint density at radius 2 is 2.33 bits per heavy atom. The molecular formula is C14H17N3O. The molecule has 1 aliphatic heterocycles. The first-order valence-corrected chi connectivity index (χ1v) is 6.18. The fourth-order valence-corrected chi connectivity index (χ4v) is 2.19. The maximum Gasteiger partial charge on any atom is 0.234 e. The van der Waals surface area contributed by atoms with Gasteiger partial charge in [0.05, 0.1) is 18.2 Å². The van der Waals surface area contributed by atoms with Crippen LogP contribution < -0.4 is 5.32 Å². The summed E-state index contributed by atoms with van der Waals surface area (Å²) in [5.74, 6) is 0.0961. The molecule has 1 N–H and O–H groups in total. The van der Waals surface area contributed by atoms with Crippen LogP contribution in [-0.4, -0.2) is 30.4 Å². The highest BCUT2D eigenvalue weighted by Gasteiger charge is 2.15. The fraction of sp³-hybridized carbons (Fsp3) is 0.429. The minimum Gasteiger partial charge on any atom is -0.355 e. The van der Waals surface area contributed by atoms with Crippen molar-refractivity contribution in [2.75, 3.05) is 19.6 Å². The van der Waals surface area contributed by atoms with Gasteiger partial charge >= 0.3 is 0 Å². The van der Waals surface area contributed by atoms with Gasteiger partial charge in [0, 0.05) is 19.6 Å². The number of rotatable bonds is 2. The van der Waals surface area contributed by atoms with Crippen LogP contribution in [0.1, 0.15) is 23.1 Å². The second-order valence-electron chi connectivity index (χ2n) is 4.67. The maximum atomic E-state index is 11.5. The number of amides is 1. The first-order chi connectivity index (χ1) is 8.69. The van der Waals surface area contributed by atoms with E-state index in [0.717, 1.165) is 31.6 Å². The lowest BCUT2D eigenvalue weighted by atomic mass is 10.1. The van der Waals surface area contributed by atoms with E-state index < -0.39 is 0 Å². The molecule has 0 atom stereocenters. The van der Waals surface area contributed by atoms with Crippen LogP contribution in [0.2, 0.25) is 0 Å². The molecule has 0 spiro atoms. The normalized spacial score (nSPS) is 16.8. The van der Waals surface area contributed by atoms with Gasteiger partial charge in [-0.15, -0.1) is 0 Å². The summed E-state index contributed by atoms with van der Waals surface area (Å²) in [6.07, 6.45) is 0.987. The molecule has 1 fully saturated rings. The lowest BCUT2D eigenvalue weighted by Crippen LogP contribution is -2.32. The van der Waals surface area contributed by atoms with Gasteiger partial charge in [0.15, 0.2) is 0 Å². The number of hydrogen-bond donors (Lipinski definition) is 1. The van der Waals surface area contributed by atoms with Gasteiger partial charge in [-0.05, 0) is 36.6 Å². The van der Waals surface area contributed by atoms with Crippen molar-refractivity contribution in [1.82, 2.24) is 10.2 Å². The third-order valence-electron chi connectivity index (χ3n) is 3.21. The molecule has 1 aliphatic rings. The van der Waals surface area contributed by atoms with Crippen molar-refractivity contribution in [3.8, 4) is 6.07 Å². The van der Waals surface area contributed by atoms with Crippen LogP contribution in [0.4, 0.5) is 0 Å². The molecule has 1 saturated heterocycles. The summed E-state index contributed by atoms with van der Waals surface area (Å²) < 4.78 is 0. The van der Waals surface area contributed by atoms with Gasteiger partial charge in [-0.1, -0.05) is 6.07 Å². The number of nitrogens with zero attached hydrogens (tertiary/aromatic N) is 2.